The van der Waals surface area contributed by atoms with Gasteiger partial charge < -0.3 is 30.5 Å². The maximum Gasteiger partial charge on any atom is 0.167 e. The van der Waals surface area contributed by atoms with Gasteiger partial charge >= 0.3 is 0 Å². The van der Waals surface area contributed by atoms with Crippen LogP contribution in [0.3, 0.4) is 0 Å². The minimum Gasteiger partial charge on any atom is -0.394 e. The highest BCUT2D eigenvalue weighted by Gasteiger charge is 2.44. The van der Waals surface area contributed by atoms with Crippen LogP contribution in [-0.4, -0.2) is 77.0 Å². The number of imidazole rings is 1. The SMILES string of the molecule is OC[C@H]1O[C@@H](n2cnc3c(NC4CCCC4O)ncnc32)[C@H](O)[C@@H]1O. The minimum absolute atomic E-state index is 0.0860. The number of anilines is 1. The number of ether oxygens (including phenoxy) is 1. The van der Waals surface area contributed by atoms with Crippen molar-refractivity contribution in [2.24, 2.45) is 0 Å². The summed E-state index contributed by atoms with van der Waals surface area (Å²) < 4.78 is 7.04. The Hall–Kier alpha value is -1.85. The zero-order valence-electron chi connectivity index (χ0n) is 13.4. The zero-order valence-corrected chi connectivity index (χ0v) is 13.4. The summed E-state index contributed by atoms with van der Waals surface area (Å²) in [7, 11) is 0. The third-order valence-corrected chi connectivity index (χ3v) is 4.95. The molecule has 6 atom stereocenters. The molecule has 0 radical (unpaired) electrons. The molecule has 25 heavy (non-hydrogen) atoms. The van der Waals surface area contributed by atoms with E-state index in [1.807, 2.05) is 0 Å². The van der Waals surface area contributed by atoms with Gasteiger partial charge in [0.2, 0.25) is 0 Å². The van der Waals surface area contributed by atoms with Crippen LogP contribution < -0.4 is 5.32 Å². The van der Waals surface area contributed by atoms with E-state index < -0.39 is 37.3 Å². The van der Waals surface area contributed by atoms with Crippen molar-refractivity contribution >= 4 is 17.0 Å². The standard InChI is InChI=1S/C15H21N5O5/c21-4-9-11(23)12(24)15(25-9)20-6-18-10-13(16-5-17-14(10)20)19-7-2-1-3-8(7)22/h5-9,11-12,15,21-24H,1-4H2,(H,16,17,19)/t7?,8?,9-,11-,12-,15-/m1/s1. The van der Waals surface area contributed by atoms with Crippen LogP contribution in [0.1, 0.15) is 25.5 Å². The highest BCUT2D eigenvalue weighted by atomic mass is 16.6. The number of aliphatic hydroxyl groups is 4. The van der Waals surface area contributed by atoms with Gasteiger partial charge in [0.05, 0.1) is 25.1 Å². The predicted molar refractivity (Wildman–Crippen MR) is 85.6 cm³/mol. The summed E-state index contributed by atoms with van der Waals surface area (Å²) in [6.07, 6.45) is 0.768. The summed E-state index contributed by atoms with van der Waals surface area (Å²) in [5.74, 6) is 0.501. The van der Waals surface area contributed by atoms with Gasteiger partial charge in [-0.1, -0.05) is 0 Å². The molecule has 5 N–H and O–H groups in total. The summed E-state index contributed by atoms with van der Waals surface area (Å²) in [5.41, 5.74) is 0.916. The topological polar surface area (TPSA) is 146 Å². The Kier molecular flexibility index (Phi) is 4.29. The molecule has 10 nitrogen and oxygen atoms in total. The van der Waals surface area contributed by atoms with Crippen LogP contribution in [0.5, 0.6) is 0 Å². The smallest absolute Gasteiger partial charge is 0.167 e. The molecule has 1 aliphatic heterocycles. The highest BCUT2D eigenvalue weighted by molar-refractivity contribution is 5.82. The fourth-order valence-corrected chi connectivity index (χ4v) is 3.54. The molecule has 1 saturated heterocycles. The number of hydrogen-bond donors (Lipinski definition) is 5. The molecule has 2 aromatic heterocycles. The van der Waals surface area contributed by atoms with Crippen LogP contribution in [-0.2, 0) is 4.74 Å². The molecular weight excluding hydrogens is 330 g/mol. The Morgan fingerprint density at radius 3 is 2.68 bits per heavy atom. The molecule has 136 valence electrons. The summed E-state index contributed by atoms with van der Waals surface area (Å²) in [4.78, 5) is 12.7. The van der Waals surface area contributed by atoms with Crippen molar-refractivity contribution in [3.63, 3.8) is 0 Å². The van der Waals surface area contributed by atoms with Gasteiger partial charge in [-0.25, -0.2) is 15.0 Å². The van der Waals surface area contributed by atoms with E-state index in [1.165, 1.54) is 17.2 Å². The van der Waals surface area contributed by atoms with E-state index in [0.29, 0.717) is 17.0 Å². The molecule has 0 bridgehead atoms. The second kappa shape index (κ2) is 6.46. The molecule has 2 aromatic rings. The van der Waals surface area contributed by atoms with Crippen LogP contribution in [0.25, 0.3) is 11.2 Å². The quantitative estimate of drug-likeness (QED) is 0.456. The molecular formula is C15H21N5O5. The molecule has 1 saturated carbocycles. The Bertz CT molecular complexity index is 755. The maximum absolute atomic E-state index is 10.2. The van der Waals surface area contributed by atoms with Crippen molar-refractivity contribution in [3.05, 3.63) is 12.7 Å². The fourth-order valence-electron chi connectivity index (χ4n) is 3.54. The van der Waals surface area contributed by atoms with Gasteiger partial charge in [-0.3, -0.25) is 4.57 Å². The second-order valence-corrected chi connectivity index (χ2v) is 6.52. The van der Waals surface area contributed by atoms with Crippen molar-refractivity contribution < 1.29 is 25.2 Å². The number of fused-ring (bicyclic) bond motifs is 1. The van der Waals surface area contributed by atoms with E-state index >= 15 is 0 Å². The van der Waals surface area contributed by atoms with Gasteiger partial charge in [0, 0.05) is 0 Å². The predicted octanol–water partition coefficient (Wildman–Crippen LogP) is -1.24. The van der Waals surface area contributed by atoms with E-state index in [9.17, 15) is 20.4 Å². The first kappa shape index (κ1) is 16.6. The van der Waals surface area contributed by atoms with Crippen LogP contribution in [0, 0.1) is 0 Å². The van der Waals surface area contributed by atoms with Crippen LogP contribution >= 0.6 is 0 Å². The normalized spacial score (nSPS) is 35.5. The summed E-state index contributed by atoms with van der Waals surface area (Å²) >= 11 is 0. The molecule has 2 aliphatic rings. The Balaban J connectivity index is 1.65. The number of nitrogens with one attached hydrogen (secondary N) is 1. The Labute approximate surface area is 143 Å². The average Bonchev–Trinajstić information content (AvgIpc) is 3.29. The minimum atomic E-state index is -1.21. The van der Waals surface area contributed by atoms with E-state index in [0.717, 1.165) is 19.3 Å². The zero-order chi connectivity index (χ0) is 17.6. The lowest BCUT2D eigenvalue weighted by atomic mass is 10.1. The number of rotatable bonds is 4. The molecule has 2 fully saturated rings. The van der Waals surface area contributed by atoms with Gasteiger partial charge in [0.25, 0.3) is 0 Å². The van der Waals surface area contributed by atoms with Crippen molar-refractivity contribution in [2.75, 3.05) is 11.9 Å². The number of aromatic nitrogens is 4. The lowest BCUT2D eigenvalue weighted by Gasteiger charge is -2.18. The average molecular weight is 351 g/mol. The monoisotopic (exact) mass is 351 g/mol. The molecule has 0 spiro atoms. The van der Waals surface area contributed by atoms with E-state index in [1.54, 1.807) is 0 Å². The third-order valence-electron chi connectivity index (χ3n) is 4.95. The summed E-state index contributed by atoms with van der Waals surface area (Å²) in [6.45, 7) is -0.400. The Morgan fingerprint density at radius 1 is 1.16 bits per heavy atom. The van der Waals surface area contributed by atoms with Gasteiger partial charge in [-0.2, -0.15) is 0 Å². The first-order valence-electron chi connectivity index (χ1n) is 8.34. The number of nitrogens with zero attached hydrogens (tertiary/aromatic N) is 4. The molecule has 4 rings (SSSR count). The number of aliphatic hydroxyl groups excluding tert-OH is 4. The third kappa shape index (κ3) is 2.75. The highest BCUT2D eigenvalue weighted by Crippen LogP contribution is 2.32. The van der Waals surface area contributed by atoms with Gasteiger partial charge in [0.1, 0.15) is 24.6 Å². The van der Waals surface area contributed by atoms with Gasteiger partial charge in [-0.15, -0.1) is 0 Å². The van der Waals surface area contributed by atoms with Crippen LogP contribution in [0.4, 0.5) is 5.82 Å². The van der Waals surface area contributed by atoms with Crippen molar-refractivity contribution in [1.82, 2.24) is 19.5 Å². The van der Waals surface area contributed by atoms with Crippen molar-refractivity contribution in [3.8, 4) is 0 Å². The van der Waals surface area contributed by atoms with E-state index in [2.05, 4.69) is 20.3 Å². The largest absolute Gasteiger partial charge is 0.394 e. The Morgan fingerprint density at radius 2 is 2.00 bits per heavy atom. The first-order valence-corrected chi connectivity index (χ1v) is 8.34. The summed E-state index contributed by atoms with van der Waals surface area (Å²) in [5, 5.41) is 42.6. The molecule has 10 heteroatoms. The molecule has 0 amide bonds. The van der Waals surface area contributed by atoms with Gasteiger partial charge in [-0.05, 0) is 19.3 Å². The lowest BCUT2D eigenvalue weighted by Crippen LogP contribution is -2.33. The maximum atomic E-state index is 10.2. The second-order valence-electron chi connectivity index (χ2n) is 6.52. The van der Waals surface area contributed by atoms with Gasteiger partial charge in [0.15, 0.2) is 23.2 Å². The molecule has 3 heterocycles. The molecule has 1 aliphatic carbocycles. The summed E-state index contributed by atoms with van der Waals surface area (Å²) in [6, 6.07) is -0.0860. The first-order chi connectivity index (χ1) is 12.1. The fraction of sp³-hybridized carbons (Fsp3) is 0.667. The van der Waals surface area contributed by atoms with Crippen molar-refractivity contribution in [1.29, 1.82) is 0 Å². The van der Waals surface area contributed by atoms with E-state index in [-0.39, 0.29) is 6.04 Å². The lowest BCUT2D eigenvalue weighted by molar-refractivity contribution is -0.0511. The van der Waals surface area contributed by atoms with E-state index in [4.69, 9.17) is 4.74 Å². The van der Waals surface area contributed by atoms with Crippen LogP contribution in [0.15, 0.2) is 12.7 Å². The molecule has 0 aromatic carbocycles. The molecule has 2 unspecified atom stereocenters. The number of hydrogen-bond acceptors (Lipinski definition) is 9. The van der Waals surface area contributed by atoms with Crippen molar-refractivity contribution in [2.45, 2.75) is 55.9 Å². The van der Waals surface area contributed by atoms with Crippen LogP contribution in [0.2, 0.25) is 0 Å².